The molecular formula is C31H26FN3O4S2. The number of anilines is 3. The molecule has 1 aliphatic rings. The first-order chi connectivity index (χ1) is 19.6. The maximum atomic E-state index is 13.6. The number of imide groups is 1. The Hall–Kier alpha value is -4.41. The summed E-state index contributed by atoms with van der Waals surface area (Å²) in [6, 6.07) is 27.2. The molecule has 5 rings (SSSR count). The number of carbonyl (C=O) groups excluding carboxylic acids is 2. The molecule has 208 valence electrons. The molecule has 0 aliphatic carbocycles. The van der Waals surface area contributed by atoms with Gasteiger partial charge in [-0.05, 0) is 84.3 Å². The van der Waals surface area contributed by atoms with Gasteiger partial charge in [-0.15, -0.1) is 0 Å². The van der Waals surface area contributed by atoms with Crippen LogP contribution in [0, 0.1) is 5.82 Å². The number of hydrogen-bond donors (Lipinski definition) is 2. The molecule has 0 atom stereocenters. The van der Waals surface area contributed by atoms with Gasteiger partial charge in [0.15, 0.2) is 0 Å². The molecule has 4 aromatic rings. The third-order valence-electron chi connectivity index (χ3n) is 6.35. The van der Waals surface area contributed by atoms with Gasteiger partial charge in [0.2, 0.25) is 0 Å². The van der Waals surface area contributed by atoms with Gasteiger partial charge < -0.3 is 5.32 Å². The number of amides is 2. The molecule has 0 radical (unpaired) electrons. The monoisotopic (exact) mass is 587 g/mol. The second kappa shape index (κ2) is 11.6. The van der Waals surface area contributed by atoms with Crippen LogP contribution in [0.25, 0.3) is 0 Å². The van der Waals surface area contributed by atoms with Gasteiger partial charge in [-0.2, -0.15) is 0 Å². The zero-order valence-corrected chi connectivity index (χ0v) is 23.8. The van der Waals surface area contributed by atoms with Crippen molar-refractivity contribution in [2.45, 2.75) is 29.6 Å². The Labute approximate surface area is 242 Å². The maximum absolute atomic E-state index is 13.6. The predicted molar refractivity (Wildman–Crippen MR) is 160 cm³/mol. The fourth-order valence-electron chi connectivity index (χ4n) is 4.16. The third kappa shape index (κ3) is 6.18. The lowest BCUT2D eigenvalue weighted by atomic mass is 10.0. The zero-order valence-electron chi connectivity index (χ0n) is 22.2. The fourth-order valence-corrected chi connectivity index (χ4v) is 6.16. The van der Waals surface area contributed by atoms with Gasteiger partial charge in [-0.3, -0.25) is 14.3 Å². The summed E-state index contributed by atoms with van der Waals surface area (Å²) >= 11 is 1.08. The molecule has 4 aromatic carbocycles. The Morgan fingerprint density at radius 3 is 1.98 bits per heavy atom. The van der Waals surface area contributed by atoms with Crippen molar-refractivity contribution in [3.63, 3.8) is 0 Å². The SMILES string of the molecule is CC(C)c1ccc(NC2=C(Sc3ccc(NS(=O)(=O)c4ccccc4)cc3)C(=O)N(c3ccc(F)cc3)C2=O)cc1. The minimum absolute atomic E-state index is 0.0930. The van der Waals surface area contributed by atoms with Crippen LogP contribution in [0.1, 0.15) is 25.3 Å². The van der Waals surface area contributed by atoms with Gasteiger partial charge in [0.05, 0.1) is 10.6 Å². The highest BCUT2D eigenvalue weighted by atomic mass is 32.2. The molecule has 0 spiro atoms. The Balaban J connectivity index is 1.43. The van der Waals surface area contributed by atoms with E-state index in [1.54, 1.807) is 42.5 Å². The lowest BCUT2D eigenvalue weighted by Crippen LogP contribution is -2.32. The highest BCUT2D eigenvalue weighted by Gasteiger charge is 2.40. The number of rotatable bonds is 9. The molecule has 7 nitrogen and oxygen atoms in total. The Kier molecular flexibility index (Phi) is 7.96. The van der Waals surface area contributed by atoms with Gasteiger partial charge in [0, 0.05) is 16.3 Å². The van der Waals surface area contributed by atoms with E-state index >= 15 is 0 Å². The molecule has 0 aromatic heterocycles. The van der Waals surface area contributed by atoms with Crippen molar-refractivity contribution in [3.8, 4) is 0 Å². The van der Waals surface area contributed by atoms with Crippen LogP contribution in [0.5, 0.6) is 0 Å². The van der Waals surface area contributed by atoms with Gasteiger partial charge in [-0.1, -0.05) is 55.9 Å². The molecule has 0 saturated carbocycles. The van der Waals surface area contributed by atoms with Crippen molar-refractivity contribution in [2.24, 2.45) is 0 Å². The van der Waals surface area contributed by atoms with Crippen molar-refractivity contribution in [2.75, 3.05) is 14.9 Å². The molecule has 2 N–H and O–H groups in total. The minimum atomic E-state index is -3.77. The lowest BCUT2D eigenvalue weighted by Gasteiger charge is -2.15. The fraction of sp³-hybridized carbons (Fsp3) is 0.0968. The van der Waals surface area contributed by atoms with E-state index < -0.39 is 27.7 Å². The van der Waals surface area contributed by atoms with Crippen LogP contribution in [0.3, 0.4) is 0 Å². The molecule has 0 fully saturated rings. The van der Waals surface area contributed by atoms with Crippen molar-refractivity contribution in [1.82, 2.24) is 0 Å². The number of nitrogens with zero attached hydrogens (tertiary/aromatic N) is 1. The molecule has 1 heterocycles. The molecule has 0 saturated heterocycles. The standard InChI is InChI=1S/C31H26FN3O4S2/c1-20(2)21-8-12-23(13-9-21)33-28-29(31(37)35(30(28)36)25-16-10-22(32)11-17-25)40-26-18-14-24(15-19-26)34-41(38,39)27-6-4-3-5-7-27/h3-20,33-34H,1-2H3. The first kappa shape index (κ1) is 28.1. The third-order valence-corrected chi connectivity index (χ3v) is 8.84. The summed E-state index contributed by atoms with van der Waals surface area (Å²) in [5, 5.41) is 3.11. The van der Waals surface area contributed by atoms with E-state index in [2.05, 4.69) is 23.9 Å². The molecular weight excluding hydrogens is 561 g/mol. The van der Waals surface area contributed by atoms with E-state index in [0.29, 0.717) is 22.2 Å². The van der Waals surface area contributed by atoms with Crippen LogP contribution in [0.4, 0.5) is 21.5 Å². The Bertz CT molecular complexity index is 1720. The van der Waals surface area contributed by atoms with E-state index in [9.17, 15) is 22.4 Å². The number of hydrogen-bond acceptors (Lipinski definition) is 6. The normalized spacial score (nSPS) is 13.7. The number of carbonyl (C=O) groups is 2. The van der Waals surface area contributed by atoms with E-state index in [0.717, 1.165) is 22.2 Å². The van der Waals surface area contributed by atoms with E-state index in [-0.39, 0.29) is 21.2 Å². The first-order valence-electron chi connectivity index (χ1n) is 12.7. The van der Waals surface area contributed by atoms with Crippen molar-refractivity contribution in [3.05, 3.63) is 125 Å². The summed E-state index contributed by atoms with van der Waals surface area (Å²) in [4.78, 5) is 29.0. The van der Waals surface area contributed by atoms with Crippen LogP contribution >= 0.6 is 11.8 Å². The van der Waals surface area contributed by atoms with Gasteiger partial charge in [0.25, 0.3) is 21.8 Å². The number of halogens is 1. The Morgan fingerprint density at radius 1 is 0.756 bits per heavy atom. The minimum Gasteiger partial charge on any atom is -0.350 e. The molecule has 1 aliphatic heterocycles. The van der Waals surface area contributed by atoms with Crippen LogP contribution in [-0.4, -0.2) is 20.2 Å². The second-order valence-electron chi connectivity index (χ2n) is 9.57. The molecule has 2 amide bonds. The van der Waals surface area contributed by atoms with Gasteiger partial charge in [-0.25, -0.2) is 17.7 Å². The summed E-state index contributed by atoms with van der Waals surface area (Å²) in [5.41, 5.74) is 2.45. The smallest absolute Gasteiger partial charge is 0.283 e. The summed E-state index contributed by atoms with van der Waals surface area (Å²) in [7, 11) is -3.77. The lowest BCUT2D eigenvalue weighted by molar-refractivity contribution is -0.120. The molecule has 0 bridgehead atoms. The summed E-state index contributed by atoms with van der Waals surface area (Å²) < 4.78 is 41.4. The van der Waals surface area contributed by atoms with Crippen LogP contribution in [0.15, 0.2) is 124 Å². The quantitative estimate of drug-likeness (QED) is 0.211. The first-order valence-corrected chi connectivity index (χ1v) is 15.0. The molecule has 0 unspecified atom stereocenters. The highest BCUT2D eigenvalue weighted by molar-refractivity contribution is 8.04. The highest BCUT2D eigenvalue weighted by Crippen LogP contribution is 2.38. The predicted octanol–water partition coefficient (Wildman–Crippen LogP) is 6.74. The number of sulfonamides is 1. The summed E-state index contributed by atoms with van der Waals surface area (Å²) in [5.74, 6) is -1.27. The maximum Gasteiger partial charge on any atom is 0.283 e. The van der Waals surface area contributed by atoms with Crippen LogP contribution in [-0.2, 0) is 19.6 Å². The summed E-state index contributed by atoms with van der Waals surface area (Å²) in [6.07, 6.45) is 0. The Morgan fingerprint density at radius 2 is 1.37 bits per heavy atom. The largest absolute Gasteiger partial charge is 0.350 e. The number of nitrogens with one attached hydrogen (secondary N) is 2. The second-order valence-corrected chi connectivity index (χ2v) is 12.3. The molecule has 10 heteroatoms. The molecule has 41 heavy (non-hydrogen) atoms. The topological polar surface area (TPSA) is 95.6 Å². The van der Waals surface area contributed by atoms with Crippen molar-refractivity contribution >= 4 is 50.7 Å². The van der Waals surface area contributed by atoms with Crippen LogP contribution in [0.2, 0.25) is 0 Å². The number of benzene rings is 4. The number of thioether (sulfide) groups is 1. The van der Waals surface area contributed by atoms with Crippen molar-refractivity contribution < 1.29 is 22.4 Å². The van der Waals surface area contributed by atoms with Gasteiger partial charge in [0.1, 0.15) is 16.4 Å². The zero-order chi connectivity index (χ0) is 29.1. The summed E-state index contributed by atoms with van der Waals surface area (Å²) in [6.45, 7) is 4.16. The average molecular weight is 588 g/mol. The van der Waals surface area contributed by atoms with E-state index in [1.807, 2.05) is 24.3 Å². The van der Waals surface area contributed by atoms with Gasteiger partial charge >= 0.3 is 0 Å². The average Bonchev–Trinajstić information content (AvgIpc) is 3.19. The van der Waals surface area contributed by atoms with Crippen molar-refractivity contribution in [1.29, 1.82) is 0 Å². The van der Waals surface area contributed by atoms with E-state index in [4.69, 9.17) is 0 Å². The van der Waals surface area contributed by atoms with Crippen LogP contribution < -0.4 is 14.9 Å². The van der Waals surface area contributed by atoms with E-state index in [1.165, 1.54) is 36.4 Å².